The molecule has 0 saturated heterocycles. The second kappa shape index (κ2) is 5.88. The van der Waals surface area contributed by atoms with Crippen molar-refractivity contribution >= 4 is 33.1 Å². The fraction of sp³-hybridized carbons (Fsp3) is 0.0833. The smallest absolute Gasteiger partial charge is 0.243 e. The summed E-state index contributed by atoms with van der Waals surface area (Å²) in [7, 11) is 0. The first kappa shape index (κ1) is 12.9. The fourth-order valence-corrected chi connectivity index (χ4v) is 1.90. The van der Waals surface area contributed by atoms with Crippen LogP contribution in [0.1, 0.15) is 11.3 Å². The molecule has 2 N–H and O–H groups in total. The average Bonchev–Trinajstić information content (AvgIpc) is 2.38. The standard InChI is InChI=1S/C12H10BrN3OS/c13-9-4-2-1-3-8(9)7-17-12-10(11(14)18)15-5-6-16-12/h1-6H,7H2,(H2,14,18). The molecule has 0 spiro atoms. The molecule has 0 saturated carbocycles. The van der Waals surface area contributed by atoms with Gasteiger partial charge >= 0.3 is 0 Å². The Hall–Kier alpha value is -1.53. The third kappa shape index (κ3) is 3.02. The Labute approximate surface area is 118 Å². The van der Waals surface area contributed by atoms with Crippen LogP contribution in [0.4, 0.5) is 0 Å². The van der Waals surface area contributed by atoms with E-state index in [1.54, 1.807) is 0 Å². The summed E-state index contributed by atoms with van der Waals surface area (Å²) in [6.45, 7) is 0.371. The molecule has 0 aliphatic rings. The maximum atomic E-state index is 5.59. The van der Waals surface area contributed by atoms with Gasteiger partial charge < -0.3 is 10.5 Å². The predicted molar refractivity (Wildman–Crippen MR) is 76.4 cm³/mol. The second-order valence-electron chi connectivity index (χ2n) is 3.45. The third-order valence-corrected chi connectivity index (χ3v) is 3.19. The molecule has 0 aliphatic heterocycles. The van der Waals surface area contributed by atoms with Gasteiger partial charge in [-0.15, -0.1) is 0 Å². The lowest BCUT2D eigenvalue weighted by molar-refractivity contribution is 0.291. The van der Waals surface area contributed by atoms with Crippen molar-refractivity contribution in [2.75, 3.05) is 0 Å². The molecule has 1 heterocycles. The lowest BCUT2D eigenvalue weighted by Crippen LogP contribution is -2.14. The van der Waals surface area contributed by atoms with Gasteiger partial charge in [-0.05, 0) is 6.07 Å². The number of thiocarbonyl (C=S) groups is 1. The van der Waals surface area contributed by atoms with Crippen molar-refractivity contribution in [1.29, 1.82) is 0 Å². The van der Waals surface area contributed by atoms with Crippen molar-refractivity contribution in [3.05, 3.63) is 52.4 Å². The molecule has 2 aromatic rings. The van der Waals surface area contributed by atoms with Crippen LogP contribution in [-0.4, -0.2) is 15.0 Å². The number of hydrogen-bond donors (Lipinski definition) is 1. The Morgan fingerprint density at radius 3 is 2.72 bits per heavy atom. The molecule has 0 amide bonds. The monoisotopic (exact) mass is 323 g/mol. The van der Waals surface area contributed by atoms with Crippen molar-refractivity contribution < 1.29 is 4.74 Å². The molecule has 0 bridgehead atoms. The van der Waals surface area contributed by atoms with Gasteiger partial charge in [0.05, 0.1) is 0 Å². The van der Waals surface area contributed by atoms with Gasteiger partial charge in [0.15, 0.2) is 5.69 Å². The van der Waals surface area contributed by atoms with Crippen LogP contribution in [0.15, 0.2) is 41.1 Å². The topological polar surface area (TPSA) is 61.0 Å². The number of nitrogens with zero attached hydrogens (tertiary/aromatic N) is 2. The van der Waals surface area contributed by atoms with Crippen LogP contribution in [0.2, 0.25) is 0 Å². The zero-order chi connectivity index (χ0) is 13.0. The van der Waals surface area contributed by atoms with Gasteiger partial charge in [0.25, 0.3) is 0 Å². The maximum absolute atomic E-state index is 5.59. The zero-order valence-electron chi connectivity index (χ0n) is 9.34. The first-order valence-corrected chi connectivity index (χ1v) is 6.35. The van der Waals surface area contributed by atoms with Crippen LogP contribution in [0.5, 0.6) is 5.88 Å². The summed E-state index contributed by atoms with van der Waals surface area (Å²) in [5.41, 5.74) is 6.97. The molecular formula is C12H10BrN3OS. The largest absolute Gasteiger partial charge is 0.471 e. The van der Waals surface area contributed by atoms with Crippen molar-refractivity contribution in [1.82, 2.24) is 9.97 Å². The summed E-state index contributed by atoms with van der Waals surface area (Å²) in [6.07, 6.45) is 3.07. The van der Waals surface area contributed by atoms with Gasteiger partial charge in [0, 0.05) is 22.4 Å². The van der Waals surface area contributed by atoms with Crippen molar-refractivity contribution in [2.45, 2.75) is 6.61 Å². The molecule has 2 rings (SSSR count). The van der Waals surface area contributed by atoms with Gasteiger partial charge in [-0.1, -0.05) is 46.3 Å². The quantitative estimate of drug-likeness (QED) is 0.876. The maximum Gasteiger partial charge on any atom is 0.243 e. The van der Waals surface area contributed by atoms with Gasteiger partial charge in [0.1, 0.15) is 11.6 Å². The van der Waals surface area contributed by atoms with E-state index in [9.17, 15) is 0 Å². The van der Waals surface area contributed by atoms with E-state index in [0.29, 0.717) is 18.2 Å². The molecule has 0 aliphatic carbocycles. The number of hydrogen-bond acceptors (Lipinski definition) is 4. The number of nitrogens with two attached hydrogens (primary N) is 1. The number of benzene rings is 1. The second-order valence-corrected chi connectivity index (χ2v) is 4.75. The SMILES string of the molecule is NC(=S)c1nccnc1OCc1ccccc1Br. The minimum absolute atomic E-state index is 0.172. The van der Waals surface area contributed by atoms with Crippen LogP contribution in [0.3, 0.4) is 0 Å². The first-order chi connectivity index (χ1) is 8.68. The van der Waals surface area contributed by atoms with E-state index in [-0.39, 0.29) is 4.99 Å². The lowest BCUT2D eigenvalue weighted by Gasteiger charge is -2.09. The summed E-state index contributed by atoms with van der Waals surface area (Å²) < 4.78 is 6.57. The highest BCUT2D eigenvalue weighted by Gasteiger charge is 2.09. The fourth-order valence-electron chi connectivity index (χ4n) is 1.36. The Bertz CT molecular complexity index is 577. The predicted octanol–water partition coefficient (Wildman–Crippen LogP) is 2.45. The zero-order valence-corrected chi connectivity index (χ0v) is 11.7. The highest BCUT2D eigenvalue weighted by atomic mass is 79.9. The van der Waals surface area contributed by atoms with Crippen LogP contribution in [0.25, 0.3) is 0 Å². The molecule has 4 nitrogen and oxygen atoms in total. The third-order valence-electron chi connectivity index (χ3n) is 2.22. The van der Waals surface area contributed by atoms with Crippen LogP contribution in [-0.2, 0) is 6.61 Å². The van der Waals surface area contributed by atoms with Crippen LogP contribution >= 0.6 is 28.1 Å². The summed E-state index contributed by atoms with van der Waals surface area (Å²) in [5.74, 6) is 0.348. The summed E-state index contributed by atoms with van der Waals surface area (Å²) in [6, 6.07) is 7.79. The van der Waals surface area contributed by atoms with E-state index >= 15 is 0 Å². The molecular weight excluding hydrogens is 314 g/mol. The molecule has 1 aromatic heterocycles. The van der Waals surface area contributed by atoms with E-state index in [4.69, 9.17) is 22.7 Å². The van der Waals surface area contributed by atoms with Crippen molar-refractivity contribution in [3.8, 4) is 5.88 Å². The Kier molecular flexibility index (Phi) is 4.22. The van der Waals surface area contributed by atoms with Gasteiger partial charge in [-0.3, -0.25) is 0 Å². The van der Waals surface area contributed by atoms with Gasteiger partial charge in [-0.2, -0.15) is 0 Å². The lowest BCUT2D eigenvalue weighted by atomic mass is 10.2. The molecule has 0 fully saturated rings. The number of rotatable bonds is 4. The summed E-state index contributed by atoms with van der Waals surface area (Å²) in [5, 5.41) is 0. The molecule has 0 unspecified atom stereocenters. The van der Waals surface area contributed by atoms with Gasteiger partial charge in [-0.25, -0.2) is 9.97 Å². The van der Waals surface area contributed by atoms with Crippen LogP contribution < -0.4 is 10.5 Å². The van der Waals surface area contributed by atoms with E-state index in [1.807, 2.05) is 24.3 Å². The minimum Gasteiger partial charge on any atom is -0.471 e. The normalized spacial score (nSPS) is 10.1. The summed E-state index contributed by atoms with van der Waals surface area (Å²) in [4.78, 5) is 8.30. The van der Waals surface area contributed by atoms with E-state index in [2.05, 4.69) is 25.9 Å². The van der Waals surface area contributed by atoms with Gasteiger partial charge in [0.2, 0.25) is 5.88 Å². The Morgan fingerprint density at radius 1 is 1.28 bits per heavy atom. The molecule has 1 aromatic carbocycles. The van der Waals surface area contributed by atoms with Crippen molar-refractivity contribution in [2.24, 2.45) is 5.73 Å². The van der Waals surface area contributed by atoms with E-state index in [0.717, 1.165) is 10.0 Å². The highest BCUT2D eigenvalue weighted by Crippen LogP contribution is 2.19. The minimum atomic E-state index is 0.172. The highest BCUT2D eigenvalue weighted by molar-refractivity contribution is 9.10. The Morgan fingerprint density at radius 2 is 2.00 bits per heavy atom. The molecule has 18 heavy (non-hydrogen) atoms. The number of halogens is 1. The average molecular weight is 324 g/mol. The van der Waals surface area contributed by atoms with Crippen molar-refractivity contribution in [3.63, 3.8) is 0 Å². The Balaban J connectivity index is 2.16. The first-order valence-electron chi connectivity index (χ1n) is 5.15. The molecule has 0 radical (unpaired) electrons. The number of ether oxygens (including phenoxy) is 1. The van der Waals surface area contributed by atoms with E-state index in [1.165, 1.54) is 12.4 Å². The molecule has 0 atom stereocenters. The molecule has 6 heteroatoms. The van der Waals surface area contributed by atoms with Crippen LogP contribution in [0, 0.1) is 0 Å². The number of aromatic nitrogens is 2. The summed E-state index contributed by atoms with van der Waals surface area (Å²) >= 11 is 8.34. The molecule has 92 valence electrons. The van der Waals surface area contributed by atoms with E-state index < -0.39 is 0 Å².